The van der Waals surface area contributed by atoms with Crippen molar-refractivity contribution in [2.45, 2.75) is 11.8 Å². The Morgan fingerprint density at radius 1 is 0.933 bits per heavy atom. The van der Waals surface area contributed by atoms with Crippen molar-refractivity contribution in [3.8, 4) is 5.75 Å². The average Bonchev–Trinajstić information content (AvgIpc) is 3.08. The molecule has 0 saturated heterocycles. The number of nitrogens with one attached hydrogen (secondary N) is 2. The van der Waals surface area contributed by atoms with Crippen molar-refractivity contribution in [1.29, 1.82) is 0 Å². The fraction of sp³-hybridized carbons (Fsp3) is 0.136. The Morgan fingerprint density at radius 2 is 1.63 bits per heavy atom. The first kappa shape index (κ1) is 19.9. The Hall–Kier alpha value is -3.36. The highest BCUT2D eigenvalue weighted by atomic mass is 32.2. The fourth-order valence-electron chi connectivity index (χ4n) is 3.21. The lowest BCUT2D eigenvalue weighted by Gasteiger charge is -2.08. The van der Waals surface area contributed by atoms with E-state index < -0.39 is 10.1 Å². The Balaban J connectivity index is 1.42. The fourth-order valence-corrected chi connectivity index (χ4v) is 4.11. The molecule has 1 amide bonds. The summed E-state index contributed by atoms with van der Waals surface area (Å²) in [4.78, 5) is 14.0. The van der Waals surface area contributed by atoms with E-state index in [2.05, 4.69) is 10.3 Å². The number of ether oxygens (including phenoxy) is 1. The largest absolute Gasteiger partial charge is 0.491 e. The molecule has 4 aromatic rings. The topological polar surface area (TPSA) is 97.5 Å². The summed E-state index contributed by atoms with van der Waals surface area (Å²) in [5.41, 5.74) is 3.44. The van der Waals surface area contributed by atoms with E-state index in [1.165, 1.54) is 12.1 Å². The lowest BCUT2D eigenvalue weighted by atomic mass is 10.1. The van der Waals surface area contributed by atoms with Gasteiger partial charge in [0.1, 0.15) is 19.0 Å². The Kier molecular flexibility index (Phi) is 5.43. The number of aryl methyl sites for hydroxylation is 1. The van der Waals surface area contributed by atoms with Crippen molar-refractivity contribution in [2.24, 2.45) is 0 Å². The van der Waals surface area contributed by atoms with Crippen LogP contribution >= 0.6 is 0 Å². The Labute approximate surface area is 173 Å². The Bertz CT molecular complexity index is 1310. The molecular formula is C22H20N2O5S. The van der Waals surface area contributed by atoms with E-state index in [9.17, 15) is 13.2 Å². The number of fused-ring (bicyclic) bond motifs is 3. The highest BCUT2D eigenvalue weighted by Gasteiger charge is 2.14. The molecule has 7 nitrogen and oxygen atoms in total. The molecule has 8 heteroatoms. The van der Waals surface area contributed by atoms with E-state index in [1.54, 1.807) is 12.1 Å². The first-order chi connectivity index (χ1) is 14.5. The number of anilines is 1. The van der Waals surface area contributed by atoms with E-state index in [0.29, 0.717) is 17.8 Å². The van der Waals surface area contributed by atoms with Gasteiger partial charge in [-0.1, -0.05) is 23.8 Å². The summed E-state index contributed by atoms with van der Waals surface area (Å²) >= 11 is 0. The third-order valence-corrected chi connectivity index (χ3v) is 6.02. The zero-order valence-electron chi connectivity index (χ0n) is 16.2. The number of carbonyl (C=O) groups excluding carboxylic acids is 1. The number of hydrogen-bond acceptors (Lipinski definition) is 5. The maximum atomic E-state index is 12.2. The van der Waals surface area contributed by atoms with Crippen LogP contribution in [0.25, 0.3) is 21.8 Å². The first-order valence-corrected chi connectivity index (χ1v) is 10.7. The van der Waals surface area contributed by atoms with Gasteiger partial charge in [-0.25, -0.2) is 0 Å². The molecule has 154 valence electrons. The molecule has 0 aliphatic heterocycles. The zero-order chi connectivity index (χ0) is 21.1. The minimum Gasteiger partial charge on any atom is -0.491 e. The normalized spacial score (nSPS) is 11.6. The molecule has 1 heterocycles. The first-order valence-electron chi connectivity index (χ1n) is 9.31. The van der Waals surface area contributed by atoms with Crippen LogP contribution in [0.3, 0.4) is 0 Å². The number of H-pyrrole nitrogens is 1. The van der Waals surface area contributed by atoms with Gasteiger partial charge in [0, 0.05) is 28.0 Å². The van der Waals surface area contributed by atoms with Crippen LogP contribution in [0, 0.1) is 6.92 Å². The van der Waals surface area contributed by atoms with E-state index >= 15 is 0 Å². The summed E-state index contributed by atoms with van der Waals surface area (Å²) in [6, 6.07) is 17.7. The lowest BCUT2D eigenvalue weighted by molar-refractivity contribution is -0.105. The SMILES string of the molecule is Cc1ccc(S(=O)(=O)OCCOc2ccc3c(c2)[nH]c2cc(NC=O)ccc23)cc1. The predicted octanol–water partition coefficient (Wildman–Crippen LogP) is 3.98. The molecule has 0 atom stereocenters. The van der Waals surface area contributed by atoms with Gasteiger partial charge in [-0.2, -0.15) is 8.42 Å². The van der Waals surface area contributed by atoms with Crippen LogP contribution in [0.2, 0.25) is 0 Å². The van der Waals surface area contributed by atoms with Gasteiger partial charge in [0.15, 0.2) is 0 Å². The van der Waals surface area contributed by atoms with Gasteiger partial charge in [-0.05, 0) is 43.3 Å². The van der Waals surface area contributed by atoms with E-state index in [4.69, 9.17) is 8.92 Å². The van der Waals surface area contributed by atoms with Crippen molar-refractivity contribution >= 4 is 44.0 Å². The molecule has 1 aromatic heterocycles. The summed E-state index contributed by atoms with van der Waals surface area (Å²) in [5, 5.41) is 4.68. The summed E-state index contributed by atoms with van der Waals surface area (Å²) in [6.45, 7) is 1.88. The monoisotopic (exact) mass is 424 g/mol. The molecule has 2 N–H and O–H groups in total. The average molecular weight is 424 g/mol. The molecule has 0 bridgehead atoms. The van der Waals surface area contributed by atoms with Crippen LogP contribution in [0.4, 0.5) is 5.69 Å². The molecule has 0 aliphatic rings. The second-order valence-electron chi connectivity index (χ2n) is 6.79. The predicted molar refractivity (Wildman–Crippen MR) is 115 cm³/mol. The molecule has 0 spiro atoms. The molecule has 0 unspecified atom stereocenters. The molecule has 30 heavy (non-hydrogen) atoms. The zero-order valence-corrected chi connectivity index (χ0v) is 17.0. The van der Waals surface area contributed by atoms with Crippen molar-refractivity contribution in [2.75, 3.05) is 18.5 Å². The van der Waals surface area contributed by atoms with Gasteiger partial charge < -0.3 is 15.0 Å². The van der Waals surface area contributed by atoms with E-state index in [0.717, 1.165) is 27.4 Å². The lowest BCUT2D eigenvalue weighted by Crippen LogP contribution is -2.13. The van der Waals surface area contributed by atoms with Crippen molar-refractivity contribution in [1.82, 2.24) is 4.98 Å². The number of aromatic amines is 1. The minimum absolute atomic E-state index is 0.0875. The molecule has 0 aliphatic carbocycles. The number of carbonyl (C=O) groups is 1. The van der Waals surface area contributed by atoms with Crippen molar-refractivity contribution < 1.29 is 22.1 Å². The quantitative estimate of drug-likeness (QED) is 0.253. The van der Waals surface area contributed by atoms with Crippen LogP contribution in [-0.2, 0) is 19.1 Å². The number of rotatable bonds is 8. The number of amides is 1. The van der Waals surface area contributed by atoms with Crippen LogP contribution in [0.15, 0.2) is 65.6 Å². The third-order valence-electron chi connectivity index (χ3n) is 4.70. The molecule has 0 saturated carbocycles. The van der Waals surface area contributed by atoms with Gasteiger partial charge in [0.05, 0.1) is 10.4 Å². The van der Waals surface area contributed by atoms with Crippen LogP contribution < -0.4 is 10.1 Å². The summed E-state index contributed by atoms with van der Waals surface area (Å²) < 4.78 is 35.1. The highest BCUT2D eigenvalue weighted by molar-refractivity contribution is 7.86. The second-order valence-corrected chi connectivity index (χ2v) is 8.41. The van der Waals surface area contributed by atoms with Crippen LogP contribution in [0.1, 0.15) is 5.56 Å². The van der Waals surface area contributed by atoms with Crippen LogP contribution in [-0.4, -0.2) is 33.0 Å². The van der Waals surface area contributed by atoms with Gasteiger partial charge in [0.25, 0.3) is 10.1 Å². The molecule has 3 aromatic carbocycles. The molecule has 4 rings (SSSR count). The van der Waals surface area contributed by atoms with Gasteiger partial charge in [-0.15, -0.1) is 0 Å². The van der Waals surface area contributed by atoms with Gasteiger partial charge in [0.2, 0.25) is 6.41 Å². The smallest absolute Gasteiger partial charge is 0.297 e. The molecular weight excluding hydrogens is 404 g/mol. The van der Waals surface area contributed by atoms with Crippen molar-refractivity contribution in [3.05, 3.63) is 66.2 Å². The maximum Gasteiger partial charge on any atom is 0.297 e. The maximum absolute atomic E-state index is 12.2. The second kappa shape index (κ2) is 8.17. The number of hydrogen-bond donors (Lipinski definition) is 2. The molecule has 0 fully saturated rings. The standard InChI is InChI=1S/C22H20N2O5S/c1-15-2-6-18(7-3-15)30(26,27)29-11-10-28-17-5-9-20-19-8-4-16(23-14-25)12-21(19)24-22(20)13-17/h2-9,12-14,24H,10-11H2,1H3,(H,23,25). The number of benzene rings is 3. The van der Waals surface area contributed by atoms with Crippen LogP contribution in [0.5, 0.6) is 5.75 Å². The van der Waals surface area contributed by atoms with E-state index in [1.807, 2.05) is 43.3 Å². The van der Waals surface area contributed by atoms with Crippen molar-refractivity contribution in [3.63, 3.8) is 0 Å². The minimum atomic E-state index is -3.81. The summed E-state index contributed by atoms with van der Waals surface area (Å²) in [6.07, 6.45) is 0.636. The van der Waals surface area contributed by atoms with Gasteiger partial charge in [-0.3, -0.25) is 8.98 Å². The number of aromatic nitrogens is 1. The van der Waals surface area contributed by atoms with E-state index in [-0.39, 0.29) is 18.1 Å². The highest BCUT2D eigenvalue weighted by Crippen LogP contribution is 2.30. The molecule has 0 radical (unpaired) electrons. The summed E-state index contributed by atoms with van der Waals surface area (Å²) in [7, 11) is -3.81. The Morgan fingerprint density at radius 3 is 2.37 bits per heavy atom. The van der Waals surface area contributed by atoms with Gasteiger partial charge >= 0.3 is 0 Å². The third kappa shape index (κ3) is 4.14. The summed E-state index contributed by atoms with van der Waals surface area (Å²) in [5.74, 6) is 0.594.